The molecule has 0 heterocycles. The smallest absolute Gasteiger partial charge is 0.407 e. The lowest BCUT2D eigenvalue weighted by Crippen LogP contribution is -2.42. The van der Waals surface area contributed by atoms with Gasteiger partial charge in [0.25, 0.3) is 5.91 Å². The minimum atomic E-state index is -2.45. The van der Waals surface area contributed by atoms with Gasteiger partial charge in [0, 0.05) is 25.7 Å². The number of alkyl carbamates (subject to hydrolysis) is 1. The highest BCUT2D eigenvalue weighted by Crippen LogP contribution is 2.07. The highest BCUT2D eigenvalue weighted by atomic mass is 28.4. The number of hydrogen-bond acceptors (Lipinski definition) is 4. The van der Waals surface area contributed by atoms with Crippen molar-refractivity contribution in [1.82, 2.24) is 10.2 Å². The van der Waals surface area contributed by atoms with E-state index in [0.717, 1.165) is 5.19 Å². The summed E-state index contributed by atoms with van der Waals surface area (Å²) in [4.78, 5) is 35.7. The van der Waals surface area contributed by atoms with Crippen LogP contribution in [0, 0.1) is 0 Å². The Kier molecular flexibility index (Phi) is 6.56. The predicted molar refractivity (Wildman–Crippen MR) is 97.0 cm³/mol. The van der Waals surface area contributed by atoms with Gasteiger partial charge in [-0.15, -0.1) is 0 Å². The first-order valence-corrected chi connectivity index (χ1v) is 10.9. The van der Waals surface area contributed by atoms with Crippen molar-refractivity contribution in [2.45, 2.75) is 39.5 Å². The average molecular weight is 353 g/mol. The molecule has 1 aromatic carbocycles. The molecule has 0 aliphatic rings. The fourth-order valence-electron chi connectivity index (χ4n) is 1.99. The van der Waals surface area contributed by atoms with Crippen LogP contribution in [-0.4, -0.2) is 55.8 Å². The molecular weight excluding hydrogens is 324 g/mol. The van der Waals surface area contributed by atoms with Crippen molar-refractivity contribution >= 4 is 25.5 Å². The van der Waals surface area contributed by atoms with E-state index in [1.807, 2.05) is 19.2 Å². The van der Waals surface area contributed by atoms with Gasteiger partial charge in [-0.25, -0.2) is 4.79 Å². The summed E-state index contributed by atoms with van der Waals surface area (Å²) in [5.41, 5.74) is -0.0189. The van der Waals surface area contributed by atoms with Gasteiger partial charge in [-0.1, -0.05) is 12.1 Å². The molecule has 6 nitrogen and oxygen atoms in total. The van der Waals surface area contributed by atoms with Gasteiger partial charge in [0.05, 0.1) is 0 Å². The molecule has 2 N–H and O–H groups in total. The van der Waals surface area contributed by atoms with E-state index in [0.29, 0.717) is 18.7 Å². The van der Waals surface area contributed by atoms with Crippen molar-refractivity contribution in [1.29, 1.82) is 0 Å². The van der Waals surface area contributed by atoms with Crippen LogP contribution in [0.15, 0.2) is 24.3 Å². The highest BCUT2D eigenvalue weighted by Gasteiger charge is 2.22. The van der Waals surface area contributed by atoms with Crippen LogP contribution in [0.2, 0.25) is 13.1 Å². The van der Waals surface area contributed by atoms with Crippen LogP contribution in [0.5, 0.6) is 0 Å². The molecule has 24 heavy (non-hydrogen) atoms. The quantitative estimate of drug-likeness (QED) is 0.791. The van der Waals surface area contributed by atoms with Crippen molar-refractivity contribution in [3.8, 4) is 0 Å². The van der Waals surface area contributed by atoms with E-state index in [9.17, 15) is 14.4 Å². The first-order valence-electron chi connectivity index (χ1n) is 7.95. The molecule has 0 fully saturated rings. The second kappa shape index (κ2) is 7.81. The van der Waals surface area contributed by atoms with Gasteiger partial charge < -0.3 is 19.7 Å². The van der Waals surface area contributed by atoms with Gasteiger partial charge in [0.15, 0.2) is 0 Å². The number of nitrogens with zero attached hydrogens (tertiary/aromatic N) is 1. The van der Waals surface area contributed by atoms with E-state index in [4.69, 9.17) is 4.74 Å². The Hall–Kier alpha value is -1.86. The fraction of sp³-hybridized carbons (Fsp3) is 0.529. The van der Waals surface area contributed by atoms with Crippen molar-refractivity contribution in [3.05, 3.63) is 29.8 Å². The Labute approximate surface area is 144 Å². The van der Waals surface area contributed by atoms with Crippen LogP contribution in [0.4, 0.5) is 4.79 Å². The first-order chi connectivity index (χ1) is 10.9. The van der Waals surface area contributed by atoms with Crippen LogP contribution >= 0.6 is 0 Å². The maximum Gasteiger partial charge on any atom is 0.407 e. The van der Waals surface area contributed by atoms with Crippen LogP contribution in [-0.2, 0) is 4.74 Å². The Balaban J connectivity index is 2.58. The number of likely N-dealkylation sites (N-methyl/N-ethyl adjacent to an activating group) is 1. The third-order valence-electron chi connectivity index (χ3n) is 3.28. The summed E-state index contributed by atoms with van der Waals surface area (Å²) in [5.74, 6) is -0.152. The zero-order valence-corrected chi connectivity index (χ0v) is 16.3. The second-order valence-electron chi connectivity index (χ2n) is 7.30. The molecule has 0 saturated heterocycles. The van der Waals surface area contributed by atoms with Crippen molar-refractivity contribution in [2.24, 2.45) is 0 Å². The van der Waals surface area contributed by atoms with Crippen LogP contribution in [0.25, 0.3) is 0 Å². The molecule has 0 atom stereocenters. The van der Waals surface area contributed by atoms with Gasteiger partial charge in [-0.05, 0) is 51.2 Å². The maximum absolute atomic E-state index is 12.4. The summed E-state index contributed by atoms with van der Waals surface area (Å²) in [6.07, 6.45) is -0.502. The molecule has 0 aliphatic carbocycles. The minimum absolute atomic E-state index is 0.152. The van der Waals surface area contributed by atoms with Gasteiger partial charge in [0.2, 0.25) is 8.32 Å². The van der Waals surface area contributed by atoms with Crippen molar-refractivity contribution < 1.29 is 19.1 Å². The van der Waals surface area contributed by atoms with Crippen LogP contribution < -0.4 is 10.5 Å². The maximum atomic E-state index is 12.4. The number of amides is 2. The average Bonchev–Trinajstić information content (AvgIpc) is 2.43. The molecule has 0 radical (unpaired) electrons. The Morgan fingerprint density at radius 2 is 1.92 bits per heavy atom. The number of nitrogens with one attached hydrogen (secondary N) is 1. The first kappa shape index (κ1) is 20.2. The molecule has 1 aromatic rings. The zero-order valence-electron chi connectivity index (χ0n) is 15.3. The summed E-state index contributed by atoms with van der Waals surface area (Å²) in [7, 11) is -0.779. The number of ether oxygens (including phenoxy) is 1. The monoisotopic (exact) mass is 352 g/mol. The lowest BCUT2D eigenvalue weighted by atomic mass is 10.2. The number of rotatable bonds is 5. The molecule has 0 saturated carbocycles. The molecule has 134 valence electrons. The van der Waals surface area contributed by atoms with Gasteiger partial charge in [-0.3, -0.25) is 4.79 Å². The summed E-state index contributed by atoms with van der Waals surface area (Å²) in [6, 6.07) is 7.09. The molecule has 0 aliphatic heterocycles. The standard InChI is InChI=1S/C17H28N2O4Si/c1-17(2,3)23-16(21)18-10-11-19(4)15(20)13-8-7-9-14(12-13)24(5,6)22/h7-9,12,22H,10-11H2,1-6H3,(H,18,21). The van der Waals surface area contributed by atoms with Gasteiger partial charge >= 0.3 is 6.09 Å². The summed E-state index contributed by atoms with van der Waals surface area (Å²) >= 11 is 0. The van der Waals surface area contributed by atoms with E-state index >= 15 is 0 Å². The lowest BCUT2D eigenvalue weighted by molar-refractivity contribution is 0.0517. The number of hydrogen-bond donors (Lipinski definition) is 2. The number of carbonyl (C=O) groups excluding carboxylic acids is 2. The summed E-state index contributed by atoms with van der Waals surface area (Å²) in [6.45, 7) is 9.67. The van der Waals surface area contributed by atoms with Crippen LogP contribution in [0.1, 0.15) is 31.1 Å². The minimum Gasteiger partial charge on any atom is -0.444 e. The third-order valence-corrected chi connectivity index (χ3v) is 5.00. The highest BCUT2D eigenvalue weighted by molar-refractivity contribution is 6.83. The lowest BCUT2D eigenvalue weighted by Gasteiger charge is -2.22. The van der Waals surface area contributed by atoms with Gasteiger partial charge in [-0.2, -0.15) is 0 Å². The third kappa shape index (κ3) is 6.72. The number of carbonyl (C=O) groups is 2. The fourth-order valence-corrected chi connectivity index (χ4v) is 3.01. The van der Waals surface area contributed by atoms with E-state index in [1.54, 1.807) is 46.0 Å². The molecule has 1 rings (SSSR count). The van der Waals surface area contributed by atoms with Crippen molar-refractivity contribution in [2.75, 3.05) is 20.1 Å². The molecule has 0 bridgehead atoms. The largest absolute Gasteiger partial charge is 0.444 e. The predicted octanol–water partition coefficient (Wildman–Crippen LogP) is 1.69. The number of benzene rings is 1. The molecule has 0 unspecified atom stereocenters. The van der Waals surface area contributed by atoms with Crippen molar-refractivity contribution in [3.63, 3.8) is 0 Å². The molecule has 2 amide bonds. The van der Waals surface area contributed by atoms with E-state index in [1.165, 1.54) is 4.90 Å². The summed E-state index contributed by atoms with van der Waals surface area (Å²) in [5, 5.41) is 3.44. The molecule has 0 aromatic heterocycles. The van der Waals surface area contributed by atoms with E-state index in [-0.39, 0.29) is 5.91 Å². The molecule has 0 spiro atoms. The Morgan fingerprint density at radius 1 is 1.29 bits per heavy atom. The summed E-state index contributed by atoms with van der Waals surface area (Å²) < 4.78 is 5.14. The van der Waals surface area contributed by atoms with Gasteiger partial charge in [0.1, 0.15) is 5.60 Å². The Morgan fingerprint density at radius 3 is 2.46 bits per heavy atom. The molecule has 7 heteroatoms. The van der Waals surface area contributed by atoms with E-state index in [2.05, 4.69) is 5.32 Å². The zero-order chi connectivity index (χ0) is 18.5. The SMILES string of the molecule is CN(CCNC(=O)OC(C)(C)C)C(=O)c1cccc([Si](C)(C)O)c1. The van der Waals surface area contributed by atoms with E-state index < -0.39 is 20.0 Å². The van der Waals surface area contributed by atoms with Crippen LogP contribution in [0.3, 0.4) is 0 Å². The molecular formula is C17H28N2O4Si. The normalized spacial score (nSPS) is 11.8. The second-order valence-corrected chi connectivity index (χ2v) is 11.0. The Bertz CT molecular complexity index is 591. The topological polar surface area (TPSA) is 78.9 Å².